The Balaban J connectivity index is 1.53. The number of aliphatic hydroxyl groups excluding tert-OH is 1. The van der Waals surface area contributed by atoms with E-state index >= 15 is 0 Å². The van der Waals surface area contributed by atoms with E-state index in [1.807, 2.05) is 30.3 Å². The molecule has 0 bridgehead atoms. The summed E-state index contributed by atoms with van der Waals surface area (Å²) < 4.78 is 11.0. The third-order valence-corrected chi connectivity index (χ3v) is 4.27. The maximum Gasteiger partial charge on any atom is 0.161 e. The summed E-state index contributed by atoms with van der Waals surface area (Å²) in [4.78, 5) is 10.7. The highest BCUT2D eigenvalue weighted by Gasteiger charge is 2.25. The molecule has 0 radical (unpaired) electrons. The van der Waals surface area contributed by atoms with E-state index in [0.717, 1.165) is 42.5 Å². The van der Waals surface area contributed by atoms with Gasteiger partial charge in [-0.3, -0.25) is 0 Å². The fourth-order valence-electron chi connectivity index (χ4n) is 3.01. The number of nitrogens with one attached hydrogen (secondary N) is 1. The largest absolute Gasteiger partial charge is 0.493 e. The molecule has 1 saturated heterocycles. The summed E-state index contributed by atoms with van der Waals surface area (Å²) in [5, 5.41) is 12.7. The van der Waals surface area contributed by atoms with Gasteiger partial charge in [0.1, 0.15) is 24.6 Å². The lowest BCUT2D eigenvalue weighted by Gasteiger charge is -2.24. The van der Waals surface area contributed by atoms with Gasteiger partial charge < -0.3 is 24.8 Å². The van der Waals surface area contributed by atoms with Crippen molar-refractivity contribution in [3.8, 4) is 11.5 Å². The van der Waals surface area contributed by atoms with Crippen LogP contribution in [0.4, 0.5) is 11.6 Å². The molecule has 2 aromatic rings. The zero-order chi connectivity index (χ0) is 17.5. The lowest BCUT2D eigenvalue weighted by Crippen LogP contribution is -2.32. The first-order valence-electron chi connectivity index (χ1n) is 8.51. The van der Waals surface area contributed by atoms with Crippen molar-refractivity contribution in [3.05, 3.63) is 36.7 Å². The van der Waals surface area contributed by atoms with E-state index in [4.69, 9.17) is 9.47 Å². The molecule has 1 aliphatic heterocycles. The van der Waals surface area contributed by atoms with Gasteiger partial charge in [0, 0.05) is 12.6 Å². The lowest BCUT2D eigenvalue weighted by molar-refractivity contribution is 0.266. The van der Waals surface area contributed by atoms with Crippen molar-refractivity contribution in [3.63, 3.8) is 0 Å². The van der Waals surface area contributed by atoms with Gasteiger partial charge in [-0.1, -0.05) is 12.1 Å². The second-order valence-corrected chi connectivity index (χ2v) is 5.86. The maximum absolute atomic E-state index is 9.46. The smallest absolute Gasteiger partial charge is 0.161 e. The second-order valence-electron chi connectivity index (χ2n) is 5.86. The van der Waals surface area contributed by atoms with Crippen LogP contribution < -0.4 is 19.7 Å². The average molecular weight is 344 g/mol. The molecule has 1 fully saturated rings. The van der Waals surface area contributed by atoms with Crippen LogP contribution in [0.5, 0.6) is 11.5 Å². The van der Waals surface area contributed by atoms with Crippen molar-refractivity contribution in [1.82, 2.24) is 9.97 Å². The predicted octanol–water partition coefficient (Wildman–Crippen LogP) is 1.94. The summed E-state index contributed by atoms with van der Waals surface area (Å²) in [6.45, 7) is 2.17. The van der Waals surface area contributed by atoms with Crippen LogP contribution in [0, 0.1) is 0 Å². The first-order valence-corrected chi connectivity index (χ1v) is 8.51. The minimum atomic E-state index is 0.150. The van der Waals surface area contributed by atoms with Crippen molar-refractivity contribution in [2.24, 2.45) is 0 Å². The summed E-state index contributed by atoms with van der Waals surface area (Å²) in [6.07, 6.45) is 3.62. The Morgan fingerprint density at radius 1 is 1.28 bits per heavy atom. The molecule has 3 rings (SSSR count). The summed E-state index contributed by atoms with van der Waals surface area (Å²) in [6, 6.07) is 9.63. The Bertz CT molecular complexity index is 683. The van der Waals surface area contributed by atoms with Gasteiger partial charge in [-0.05, 0) is 25.0 Å². The maximum atomic E-state index is 9.46. The number of hydrogen-bond donors (Lipinski definition) is 2. The predicted molar refractivity (Wildman–Crippen MR) is 96.5 cm³/mol. The van der Waals surface area contributed by atoms with E-state index < -0.39 is 0 Å². The molecular formula is C18H24N4O3. The van der Waals surface area contributed by atoms with Crippen LogP contribution >= 0.6 is 0 Å². The Labute approximate surface area is 147 Å². The van der Waals surface area contributed by atoms with E-state index in [0.29, 0.717) is 13.2 Å². The van der Waals surface area contributed by atoms with Crippen molar-refractivity contribution < 1.29 is 14.6 Å². The molecule has 2 N–H and O–H groups in total. The number of anilines is 2. The highest BCUT2D eigenvalue weighted by molar-refractivity contribution is 5.50. The number of benzene rings is 1. The third kappa shape index (κ3) is 4.30. The fraction of sp³-hybridized carbons (Fsp3) is 0.444. The van der Waals surface area contributed by atoms with Crippen LogP contribution in [-0.2, 0) is 0 Å². The molecule has 0 saturated carbocycles. The second kappa shape index (κ2) is 8.53. The highest BCUT2D eigenvalue weighted by Crippen LogP contribution is 2.26. The first-order chi connectivity index (χ1) is 12.3. The Morgan fingerprint density at radius 3 is 2.92 bits per heavy atom. The topological polar surface area (TPSA) is 79.7 Å². The Morgan fingerprint density at radius 2 is 2.12 bits per heavy atom. The normalized spacial score (nSPS) is 16.7. The summed E-state index contributed by atoms with van der Waals surface area (Å²) in [7, 11) is 1.63. The van der Waals surface area contributed by atoms with E-state index in [2.05, 4.69) is 20.2 Å². The molecule has 0 spiro atoms. The standard InChI is InChI=1S/C18H24N4O3/c1-24-15-6-2-3-7-16(15)25-10-8-19-17-11-18(21-13-20-17)22-9-4-5-14(22)12-23/h2-3,6-7,11,13-14,23H,4-5,8-10,12H2,1H3,(H,19,20,21). The molecule has 0 aliphatic carbocycles. The van der Waals surface area contributed by atoms with Gasteiger partial charge in [0.2, 0.25) is 0 Å². The van der Waals surface area contributed by atoms with Gasteiger partial charge in [-0.25, -0.2) is 9.97 Å². The van der Waals surface area contributed by atoms with E-state index in [1.54, 1.807) is 13.4 Å². The zero-order valence-corrected chi connectivity index (χ0v) is 14.4. The van der Waals surface area contributed by atoms with Crippen molar-refractivity contribution in [2.75, 3.05) is 43.6 Å². The van der Waals surface area contributed by atoms with E-state index in [-0.39, 0.29) is 12.6 Å². The molecule has 1 aromatic carbocycles. The van der Waals surface area contributed by atoms with Crippen molar-refractivity contribution >= 4 is 11.6 Å². The molecule has 134 valence electrons. The molecular weight excluding hydrogens is 320 g/mol. The molecule has 2 heterocycles. The molecule has 7 nitrogen and oxygen atoms in total. The minimum absolute atomic E-state index is 0.150. The van der Waals surface area contributed by atoms with Crippen LogP contribution in [0.15, 0.2) is 36.7 Å². The summed E-state index contributed by atoms with van der Waals surface area (Å²) >= 11 is 0. The zero-order valence-electron chi connectivity index (χ0n) is 14.4. The first kappa shape index (κ1) is 17.3. The molecule has 0 amide bonds. The van der Waals surface area contributed by atoms with E-state index in [9.17, 15) is 5.11 Å². The number of aromatic nitrogens is 2. The number of hydrogen-bond acceptors (Lipinski definition) is 7. The van der Waals surface area contributed by atoms with Crippen molar-refractivity contribution in [1.29, 1.82) is 0 Å². The van der Waals surface area contributed by atoms with Crippen LogP contribution in [0.3, 0.4) is 0 Å². The average Bonchev–Trinajstić information content (AvgIpc) is 3.14. The molecule has 25 heavy (non-hydrogen) atoms. The van der Waals surface area contributed by atoms with Crippen LogP contribution in [-0.4, -0.2) is 54.5 Å². The molecule has 1 unspecified atom stereocenters. The quantitative estimate of drug-likeness (QED) is 0.708. The van der Waals surface area contributed by atoms with E-state index in [1.165, 1.54) is 0 Å². The van der Waals surface area contributed by atoms with Gasteiger partial charge >= 0.3 is 0 Å². The molecule has 1 atom stereocenters. The Kier molecular flexibility index (Phi) is 5.90. The van der Waals surface area contributed by atoms with Gasteiger partial charge in [0.05, 0.1) is 26.3 Å². The van der Waals surface area contributed by atoms with Crippen LogP contribution in [0.1, 0.15) is 12.8 Å². The Hall–Kier alpha value is -2.54. The van der Waals surface area contributed by atoms with Crippen LogP contribution in [0.2, 0.25) is 0 Å². The number of methoxy groups -OCH3 is 1. The summed E-state index contributed by atoms with van der Waals surface area (Å²) in [5.74, 6) is 3.03. The minimum Gasteiger partial charge on any atom is -0.493 e. The summed E-state index contributed by atoms with van der Waals surface area (Å²) in [5.41, 5.74) is 0. The van der Waals surface area contributed by atoms with Gasteiger partial charge in [-0.2, -0.15) is 0 Å². The number of aliphatic hydroxyl groups is 1. The van der Waals surface area contributed by atoms with Gasteiger partial charge in [-0.15, -0.1) is 0 Å². The number of nitrogens with zero attached hydrogens (tertiary/aromatic N) is 3. The van der Waals surface area contributed by atoms with Crippen LogP contribution in [0.25, 0.3) is 0 Å². The van der Waals surface area contributed by atoms with Crippen molar-refractivity contribution in [2.45, 2.75) is 18.9 Å². The fourth-order valence-corrected chi connectivity index (χ4v) is 3.01. The number of para-hydroxylation sites is 2. The number of rotatable bonds is 8. The number of ether oxygens (including phenoxy) is 2. The molecule has 7 heteroatoms. The third-order valence-electron chi connectivity index (χ3n) is 4.27. The SMILES string of the molecule is COc1ccccc1OCCNc1cc(N2CCCC2CO)ncn1. The molecule has 1 aromatic heterocycles. The van der Waals surface area contributed by atoms with Gasteiger partial charge in [0.15, 0.2) is 11.5 Å². The van der Waals surface area contributed by atoms with Gasteiger partial charge in [0.25, 0.3) is 0 Å². The monoisotopic (exact) mass is 344 g/mol. The highest BCUT2D eigenvalue weighted by atomic mass is 16.5. The molecule has 1 aliphatic rings. The lowest BCUT2D eigenvalue weighted by atomic mass is 10.2.